The SMILES string of the molecule is CCNC(=NCCc1ccc2ccccc2n1)N1CC2C3CCC(O3)C2C1. The highest BCUT2D eigenvalue weighted by molar-refractivity contribution is 5.80. The van der Waals surface area contributed by atoms with Crippen molar-refractivity contribution in [1.82, 2.24) is 15.2 Å². The monoisotopic (exact) mass is 364 g/mol. The highest BCUT2D eigenvalue weighted by atomic mass is 16.5. The van der Waals surface area contributed by atoms with E-state index in [2.05, 4.69) is 47.5 Å². The van der Waals surface area contributed by atoms with E-state index in [-0.39, 0.29) is 0 Å². The van der Waals surface area contributed by atoms with E-state index in [0.717, 1.165) is 49.8 Å². The van der Waals surface area contributed by atoms with E-state index < -0.39 is 0 Å². The van der Waals surface area contributed by atoms with Gasteiger partial charge in [0, 0.05) is 55.5 Å². The molecule has 5 nitrogen and oxygen atoms in total. The maximum absolute atomic E-state index is 6.11. The largest absolute Gasteiger partial charge is 0.374 e. The number of ether oxygens (including phenoxy) is 1. The minimum atomic E-state index is 0.495. The lowest BCUT2D eigenvalue weighted by atomic mass is 9.82. The second kappa shape index (κ2) is 7.12. The van der Waals surface area contributed by atoms with Crippen LogP contribution >= 0.6 is 0 Å². The van der Waals surface area contributed by atoms with Gasteiger partial charge in [0.2, 0.25) is 0 Å². The summed E-state index contributed by atoms with van der Waals surface area (Å²) in [6, 6.07) is 12.6. The quantitative estimate of drug-likeness (QED) is 0.669. The molecular weight excluding hydrogens is 336 g/mol. The van der Waals surface area contributed by atoms with Crippen LogP contribution in [0.5, 0.6) is 0 Å². The maximum Gasteiger partial charge on any atom is 0.193 e. The predicted molar refractivity (Wildman–Crippen MR) is 108 cm³/mol. The summed E-state index contributed by atoms with van der Waals surface area (Å²) >= 11 is 0. The Morgan fingerprint density at radius 2 is 1.93 bits per heavy atom. The number of hydrogen-bond acceptors (Lipinski definition) is 3. The van der Waals surface area contributed by atoms with Crippen molar-refractivity contribution in [3.05, 3.63) is 42.1 Å². The van der Waals surface area contributed by atoms with Crippen LogP contribution in [0.25, 0.3) is 10.9 Å². The van der Waals surface area contributed by atoms with Gasteiger partial charge in [-0.25, -0.2) is 0 Å². The van der Waals surface area contributed by atoms with Crippen LogP contribution in [0.2, 0.25) is 0 Å². The standard InChI is InChI=1S/C22H28N4O/c1-2-23-22(26-13-17-18(14-26)21-10-9-20(17)27-21)24-12-11-16-8-7-15-5-3-4-6-19(15)25-16/h3-8,17-18,20-21H,2,9-14H2,1H3,(H,23,24). The molecule has 1 aromatic heterocycles. The molecular formula is C22H28N4O. The van der Waals surface area contributed by atoms with Gasteiger partial charge in [-0.05, 0) is 31.9 Å². The molecule has 27 heavy (non-hydrogen) atoms. The number of pyridine rings is 1. The number of likely N-dealkylation sites (tertiary alicyclic amines) is 1. The molecule has 2 bridgehead atoms. The summed E-state index contributed by atoms with van der Waals surface area (Å²) in [6.45, 7) is 5.99. The summed E-state index contributed by atoms with van der Waals surface area (Å²) < 4.78 is 6.11. The molecule has 5 heteroatoms. The van der Waals surface area contributed by atoms with Gasteiger partial charge in [-0.15, -0.1) is 0 Å². The Balaban J connectivity index is 1.25. The molecule has 142 valence electrons. The normalized spacial score (nSPS) is 29.5. The zero-order valence-corrected chi connectivity index (χ0v) is 16.0. The molecule has 0 radical (unpaired) electrons. The highest BCUT2D eigenvalue weighted by Crippen LogP contribution is 2.47. The first-order valence-corrected chi connectivity index (χ1v) is 10.3. The van der Waals surface area contributed by atoms with Crippen molar-refractivity contribution in [2.45, 2.75) is 38.4 Å². The Morgan fingerprint density at radius 1 is 1.15 bits per heavy atom. The minimum absolute atomic E-state index is 0.495. The average molecular weight is 364 g/mol. The molecule has 0 aliphatic carbocycles. The second-order valence-corrected chi connectivity index (χ2v) is 8.00. The van der Waals surface area contributed by atoms with Gasteiger partial charge in [0.25, 0.3) is 0 Å². The first-order chi connectivity index (χ1) is 13.3. The van der Waals surface area contributed by atoms with Crippen LogP contribution < -0.4 is 5.32 Å². The third-order valence-corrected chi connectivity index (χ3v) is 6.37. The van der Waals surface area contributed by atoms with E-state index in [1.165, 1.54) is 18.2 Å². The molecule has 1 aromatic carbocycles. The lowest BCUT2D eigenvalue weighted by molar-refractivity contribution is 0.0767. The molecule has 2 aromatic rings. The molecule has 3 aliphatic heterocycles. The maximum atomic E-state index is 6.11. The van der Waals surface area contributed by atoms with E-state index in [0.29, 0.717) is 24.0 Å². The van der Waals surface area contributed by atoms with Crippen LogP contribution in [0.4, 0.5) is 0 Å². The predicted octanol–water partition coefficient (Wildman–Crippen LogP) is 2.85. The lowest BCUT2D eigenvalue weighted by Gasteiger charge is -2.23. The average Bonchev–Trinajstić information content (AvgIpc) is 3.40. The number of nitrogens with zero attached hydrogens (tertiary/aromatic N) is 3. The second-order valence-electron chi connectivity index (χ2n) is 8.00. The number of aliphatic imine (C=N–C) groups is 1. The number of guanidine groups is 1. The summed E-state index contributed by atoms with van der Waals surface area (Å²) in [5.74, 6) is 2.47. The van der Waals surface area contributed by atoms with Crippen molar-refractivity contribution in [3.63, 3.8) is 0 Å². The molecule has 4 unspecified atom stereocenters. The molecule has 0 amide bonds. The summed E-state index contributed by atoms with van der Waals surface area (Å²) in [6.07, 6.45) is 4.36. The summed E-state index contributed by atoms with van der Waals surface area (Å²) in [7, 11) is 0. The molecule has 3 aliphatic rings. The van der Waals surface area contributed by atoms with Crippen LogP contribution in [0.15, 0.2) is 41.4 Å². The van der Waals surface area contributed by atoms with Crippen molar-refractivity contribution in [2.75, 3.05) is 26.2 Å². The van der Waals surface area contributed by atoms with Crippen molar-refractivity contribution < 1.29 is 4.74 Å². The number of rotatable bonds is 4. The van der Waals surface area contributed by atoms with E-state index in [1.807, 2.05) is 6.07 Å². The van der Waals surface area contributed by atoms with E-state index in [4.69, 9.17) is 14.7 Å². The van der Waals surface area contributed by atoms with Crippen molar-refractivity contribution in [1.29, 1.82) is 0 Å². The third kappa shape index (κ3) is 3.18. The Labute approximate surface area is 160 Å². The molecule has 0 spiro atoms. The fourth-order valence-corrected chi connectivity index (χ4v) is 5.08. The zero-order valence-electron chi connectivity index (χ0n) is 16.0. The molecule has 4 heterocycles. The number of nitrogens with one attached hydrogen (secondary N) is 1. The van der Waals surface area contributed by atoms with Gasteiger partial charge in [0.05, 0.1) is 17.7 Å². The molecule has 5 rings (SSSR count). The van der Waals surface area contributed by atoms with Crippen molar-refractivity contribution in [3.8, 4) is 0 Å². The minimum Gasteiger partial charge on any atom is -0.374 e. The number of para-hydroxylation sites is 1. The fraction of sp³-hybridized carbons (Fsp3) is 0.545. The number of benzene rings is 1. The van der Waals surface area contributed by atoms with Crippen LogP contribution in [-0.4, -0.2) is 54.2 Å². The summed E-state index contributed by atoms with van der Waals surface area (Å²) in [5, 5.41) is 4.69. The van der Waals surface area contributed by atoms with E-state index in [9.17, 15) is 0 Å². The smallest absolute Gasteiger partial charge is 0.193 e. The summed E-state index contributed by atoms with van der Waals surface area (Å²) in [4.78, 5) is 12.1. The molecule has 4 atom stereocenters. The van der Waals surface area contributed by atoms with Gasteiger partial charge >= 0.3 is 0 Å². The molecule has 3 fully saturated rings. The zero-order chi connectivity index (χ0) is 18.2. The van der Waals surface area contributed by atoms with Crippen molar-refractivity contribution >= 4 is 16.9 Å². The van der Waals surface area contributed by atoms with Gasteiger partial charge in [-0.2, -0.15) is 0 Å². The molecule has 0 saturated carbocycles. The Bertz CT molecular complexity index is 833. The molecule has 3 saturated heterocycles. The fourth-order valence-electron chi connectivity index (χ4n) is 5.08. The number of hydrogen-bond donors (Lipinski definition) is 1. The lowest BCUT2D eigenvalue weighted by Crippen LogP contribution is -2.41. The topological polar surface area (TPSA) is 49.8 Å². The summed E-state index contributed by atoms with van der Waals surface area (Å²) in [5.41, 5.74) is 2.17. The Hall–Kier alpha value is -2.14. The van der Waals surface area contributed by atoms with Gasteiger partial charge in [0.1, 0.15) is 0 Å². The van der Waals surface area contributed by atoms with Crippen LogP contribution in [0.3, 0.4) is 0 Å². The van der Waals surface area contributed by atoms with E-state index >= 15 is 0 Å². The first kappa shape index (κ1) is 17.0. The Morgan fingerprint density at radius 3 is 2.70 bits per heavy atom. The first-order valence-electron chi connectivity index (χ1n) is 10.3. The van der Waals surface area contributed by atoms with E-state index in [1.54, 1.807) is 0 Å². The third-order valence-electron chi connectivity index (χ3n) is 6.37. The molecule has 1 N–H and O–H groups in total. The van der Waals surface area contributed by atoms with Crippen molar-refractivity contribution in [2.24, 2.45) is 16.8 Å². The number of fused-ring (bicyclic) bond motifs is 6. The number of aromatic nitrogens is 1. The van der Waals surface area contributed by atoms with Gasteiger partial charge in [0.15, 0.2) is 5.96 Å². The Kier molecular flexibility index (Phi) is 4.48. The van der Waals surface area contributed by atoms with Gasteiger partial charge < -0.3 is 15.0 Å². The van der Waals surface area contributed by atoms with Crippen LogP contribution in [-0.2, 0) is 11.2 Å². The van der Waals surface area contributed by atoms with Gasteiger partial charge in [-0.1, -0.05) is 24.3 Å². The van der Waals surface area contributed by atoms with Gasteiger partial charge in [-0.3, -0.25) is 9.98 Å². The highest BCUT2D eigenvalue weighted by Gasteiger charge is 2.53. The van der Waals surface area contributed by atoms with Crippen LogP contribution in [0.1, 0.15) is 25.5 Å². The van der Waals surface area contributed by atoms with Crippen LogP contribution in [0, 0.1) is 11.8 Å².